The van der Waals surface area contributed by atoms with Gasteiger partial charge in [-0.15, -0.1) is 0 Å². The molecule has 1 aliphatic rings. The summed E-state index contributed by atoms with van der Waals surface area (Å²) < 4.78 is 5.48. The van der Waals surface area contributed by atoms with Crippen LogP contribution in [0.5, 0.6) is 0 Å². The Morgan fingerprint density at radius 1 is 1.19 bits per heavy atom. The predicted molar refractivity (Wildman–Crippen MR) is 90.1 cm³/mol. The van der Waals surface area contributed by atoms with E-state index < -0.39 is 0 Å². The molecule has 1 aromatic rings. The van der Waals surface area contributed by atoms with Gasteiger partial charge < -0.3 is 10.1 Å². The van der Waals surface area contributed by atoms with Crippen LogP contribution in [-0.2, 0) is 4.74 Å². The Morgan fingerprint density at radius 2 is 1.90 bits per heavy atom. The fourth-order valence-corrected chi connectivity index (χ4v) is 3.35. The highest BCUT2D eigenvalue weighted by molar-refractivity contribution is 6.31. The van der Waals surface area contributed by atoms with Crippen molar-refractivity contribution in [2.45, 2.75) is 39.0 Å². The lowest BCUT2D eigenvalue weighted by Gasteiger charge is -2.28. The van der Waals surface area contributed by atoms with E-state index in [9.17, 15) is 0 Å². The lowest BCUT2D eigenvalue weighted by atomic mass is 9.85. The maximum atomic E-state index is 6.43. The van der Waals surface area contributed by atoms with Gasteiger partial charge in [0.15, 0.2) is 0 Å². The van der Waals surface area contributed by atoms with Crippen molar-refractivity contribution >= 4 is 11.6 Å². The van der Waals surface area contributed by atoms with Crippen LogP contribution in [0.1, 0.15) is 44.6 Å². The van der Waals surface area contributed by atoms with Crippen molar-refractivity contribution in [1.29, 1.82) is 0 Å². The van der Waals surface area contributed by atoms with Crippen molar-refractivity contribution in [3.05, 3.63) is 34.9 Å². The molecule has 0 radical (unpaired) electrons. The Kier molecular flexibility index (Phi) is 7.01. The summed E-state index contributed by atoms with van der Waals surface area (Å²) in [4.78, 5) is 0. The molecule has 0 amide bonds. The fourth-order valence-electron chi connectivity index (χ4n) is 3.06. The third kappa shape index (κ3) is 5.61. The van der Waals surface area contributed by atoms with Gasteiger partial charge in [0.1, 0.15) is 0 Å². The number of nitrogens with one attached hydrogen (secondary N) is 1. The van der Waals surface area contributed by atoms with Crippen LogP contribution in [-0.4, -0.2) is 26.3 Å². The summed E-state index contributed by atoms with van der Waals surface area (Å²) >= 11 is 6.43. The predicted octanol–water partition coefficient (Wildman–Crippen LogP) is 4.49. The molecule has 1 atom stereocenters. The van der Waals surface area contributed by atoms with Gasteiger partial charge in [0.25, 0.3) is 0 Å². The minimum Gasteiger partial charge on any atom is -0.381 e. The molecule has 1 aromatic carbocycles. The van der Waals surface area contributed by atoms with Crippen LogP contribution in [0.2, 0.25) is 5.02 Å². The van der Waals surface area contributed by atoms with Crippen molar-refractivity contribution < 1.29 is 4.74 Å². The first kappa shape index (κ1) is 16.8. The Labute approximate surface area is 134 Å². The van der Waals surface area contributed by atoms with Crippen molar-refractivity contribution in [3.8, 4) is 0 Å². The van der Waals surface area contributed by atoms with E-state index in [1.807, 2.05) is 12.1 Å². The van der Waals surface area contributed by atoms with E-state index >= 15 is 0 Å². The first-order valence-electron chi connectivity index (χ1n) is 8.19. The van der Waals surface area contributed by atoms with Crippen LogP contribution in [0.15, 0.2) is 24.3 Å². The zero-order chi connectivity index (χ0) is 15.1. The second-order valence-electron chi connectivity index (χ2n) is 6.56. The molecule has 1 aliphatic heterocycles. The topological polar surface area (TPSA) is 21.3 Å². The SMILES string of the molecule is CC(C)CNCC(CC1CCOCC1)c1ccccc1Cl. The third-order valence-electron chi connectivity index (χ3n) is 4.25. The van der Waals surface area contributed by atoms with E-state index in [1.54, 1.807) is 0 Å². The highest BCUT2D eigenvalue weighted by atomic mass is 35.5. The van der Waals surface area contributed by atoms with Crippen LogP contribution in [0.3, 0.4) is 0 Å². The van der Waals surface area contributed by atoms with Crippen molar-refractivity contribution in [2.75, 3.05) is 26.3 Å². The monoisotopic (exact) mass is 309 g/mol. The van der Waals surface area contributed by atoms with Gasteiger partial charge >= 0.3 is 0 Å². The lowest BCUT2D eigenvalue weighted by molar-refractivity contribution is 0.0616. The smallest absolute Gasteiger partial charge is 0.0468 e. The van der Waals surface area contributed by atoms with Gasteiger partial charge in [0.05, 0.1) is 0 Å². The number of rotatable bonds is 7. The van der Waals surface area contributed by atoms with Gasteiger partial charge in [-0.3, -0.25) is 0 Å². The molecule has 1 N–H and O–H groups in total. The van der Waals surface area contributed by atoms with E-state index in [1.165, 1.54) is 24.8 Å². The van der Waals surface area contributed by atoms with Crippen LogP contribution in [0.4, 0.5) is 0 Å². The summed E-state index contributed by atoms with van der Waals surface area (Å²) in [5.41, 5.74) is 1.29. The molecule has 0 spiro atoms. The summed E-state index contributed by atoms with van der Waals surface area (Å²) in [6.45, 7) is 8.40. The maximum absolute atomic E-state index is 6.43. The Hall–Kier alpha value is -0.570. The minimum absolute atomic E-state index is 0.501. The zero-order valence-electron chi connectivity index (χ0n) is 13.3. The zero-order valence-corrected chi connectivity index (χ0v) is 14.0. The molecule has 1 unspecified atom stereocenters. The molecule has 1 heterocycles. The second kappa shape index (κ2) is 8.77. The average Bonchev–Trinajstić information content (AvgIpc) is 2.47. The fraction of sp³-hybridized carbons (Fsp3) is 0.667. The number of benzene rings is 1. The molecule has 1 fully saturated rings. The summed E-state index contributed by atoms with van der Waals surface area (Å²) in [6, 6.07) is 8.30. The molecule has 0 bridgehead atoms. The largest absolute Gasteiger partial charge is 0.381 e. The lowest BCUT2D eigenvalue weighted by Crippen LogP contribution is -2.28. The molecule has 3 heteroatoms. The number of halogens is 1. The van der Waals surface area contributed by atoms with Crippen molar-refractivity contribution in [3.63, 3.8) is 0 Å². The van der Waals surface area contributed by atoms with Gasteiger partial charge in [-0.05, 0) is 55.2 Å². The van der Waals surface area contributed by atoms with E-state index in [4.69, 9.17) is 16.3 Å². The van der Waals surface area contributed by atoms with Gasteiger partial charge in [0, 0.05) is 24.8 Å². The first-order valence-corrected chi connectivity index (χ1v) is 8.57. The van der Waals surface area contributed by atoms with E-state index in [0.29, 0.717) is 11.8 Å². The average molecular weight is 310 g/mol. The third-order valence-corrected chi connectivity index (χ3v) is 4.59. The molecule has 0 aliphatic carbocycles. The highest BCUT2D eigenvalue weighted by Gasteiger charge is 2.21. The molecular formula is C18H28ClNO. The molecule has 0 saturated carbocycles. The molecule has 0 aromatic heterocycles. The van der Waals surface area contributed by atoms with Crippen LogP contribution in [0.25, 0.3) is 0 Å². The highest BCUT2D eigenvalue weighted by Crippen LogP contribution is 2.32. The number of hydrogen-bond acceptors (Lipinski definition) is 2. The molecule has 1 saturated heterocycles. The van der Waals surface area contributed by atoms with Gasteiger partial charge in [0.2, 0.25) is 0 Å². The normalized spacial score (nSPS) is 18.1. The first-order chi connectivity index (χ1) is 10.2. The Balaban J connectivity index is 2.00. The van der Waals surface area contributed by atoms with Crippen molar-refractivity contribution in [1.82, 2.24) is 5.32 Å². The second-order valence-corrected chi connectivity index (χ2v) is 6.97. The quantitative estimate of drug-likeness (QED) is 0.801. The van der Waals surface area contributed by atoms with Crippen LogP contribution >= 0.6 is 11.6 Å². The molecule has 118 valence electrons. The molecule has 21 heavy (non-hydrogen) atoms. The molecular weight excluding hydrogens is 282 g/mol. The van der Waals surface area contributed by atoms with Gasteiger partial charge in [-0.25, -0.2) is 0 Å². The number of hydrogen-bond donors (Lipinski definition) is 1. The number of ether oxygens (including phenoxy) is 1. The Bertz CT molecular complexity index is 415. The maximum Gasteiger partial charge on any atom is 0.0468 e. The molecule has 2 rings (SSSR count). The standard InChI is InChI=1S/C18H28ClNO/c1-14(2)12-20-13-16(11-15-7-9-21-10-8-15)17-5-3-4-6-18(17)19/h3-6,14-16,20H,7-13H2,1-2H3. The summed E-state index contributed by atoms with van der Waals surface area (Å²) in [6.07, 6.45) is 3.58. The summed E-state index contributed by atoms with van der Waals surface area (Å²) in [7, 11) is 0. The summed E-state index contributed by atoms with van der Waals surface area (Å²) in [5, 5.41) is 4.51. The van der Waals surface area contributed by atoms with E-state index in [2.05, 4.69) is 31.3 Å². The van der Waals surface area contributed by atoms with Crippen molar-refractivity contribution in [2.24, 2.45) is 11.8 Å². The van der Waals surface area contributed by atoms with Crippen LogP contribution < -0.4 is 5.32 Å². The van der Waals surface area contributed by atoms with E-state index in [-0.39, 0.29) is 0 Å². The van der Waals surface area contributed by atoms with Gasteiger partial charge in [-0.2, -0.15) is 0 Å². The molecule has 2 nitrogen and oxygen atoms in total. The Morgan fingerprint density at radius 3 is 2.57 bits per heavy atom. The minimum atomic E-state index is 0.501. The van der Waals surface area contributed by atoms with E-state index in [0.717, 1.165) is 37.2 Å². The van der Waals surface area contributed by atoms with Crippen LogP contribution in [0, 0.1) is 11.8 Å². The van der Waals surface area contributed by atoms with Gasteiger partial charge in [-0.1, -0.05) is 43.6 Å². The summed E-state index contributed by atoms with van der Waals surface area (Å²) in [5.74, 6) is 1.95.